The normalized spacial score (nSPS) is 43.4. The summed E-state index contributed by atoms with van der Waals surface area (Å²) in [5, 5.41) is 58.1. The first-order valence-electron chi connectivity index (χ1n) is 13.4. The Kier molecular flexibility index (Phi) is 6.57. The van der Waals surface area contributed by atoms with E-state index in [-0.39, 0.29) is 30.6 Å². The molecule has 0 aromatic heterocycles. The second-order valence-corrected chi connectivity index (χ2v) is 12.4. The van der Waals surface area contributed by atoms with Gasteiger partial charge >= 0.3 is 11.9 Å². The number of esters is 2. The standard InChI is InChI=1S/C29H38O10/c1-14-17(31)12-28(26(3,4)36)20(14)21(33)23(34)27(5)18(32)11-19-29(13-37-19,39-15(2)30)22(27)24(28)38-25(35)16-9-7-6-8-10-16/h6-10,17-19,21-24,31-34,36H,11-13H2,1-5H3/t17-,18-,19+,21+,22+,23-,24-,27+,28-,29-/m0/s1. The fourth-order valence-corrected chi connectivity index (χ4v) is 8.01. The van der Waals surface area contributed by atoms with Crippen LogP contribution in [-0.2, 0) is 19.0 Å². The number of benzene rings is 1. The molecule has 3 fully saturated rings. The summed E-state index contributed by atoms with van der Waals surface area (Å²) in [5.41, 5.74) is -5.68. The Labute approximate surface area is 227 Å². The van der Waals surface area contributed by atoms with Crippen LogP contribution in [0.4, 0.5) is 0 Å². The third-order valence-electron chi connectivity index (χ3n) is 10.0. The van der Waals surface area contributed by atoms with E-state index in [2.05, 4.69) is 0 Å². The van der Waals surface area contributed by atoms with Gasteiger partial charge in [0.15, 0.2) is 5.60 Å². The van der Waals surface area contributed by atoms with Gasteiger partial charge in [-0.15, -0.1) is 0 Å². The Bertz CT molecular complexity index is 1190. The molecule has 0 unspecified atom stereocenters. The fraction of sp³-hybridized carbons (Fsp3) is 0.655. The van der Waals surface area contributed by atoms with Crippen molar-refractivity contribution in [2.75, 3.05) is 6.61 Å². The molecule has 10 nitrogen and oxygen atoms in total. The van der Waals surface area contributed by atoms with Gasteiger partial charge in [-0.05, 0) is 50.5 Å². The van der Waals surface area contributed by atoms with Crippen LogP contribution >= 0.6 is 0 Å². The van der Waals surface area contributed by atoms with Crippen molar-refractivity contribution in [1.29, 1.82) is 0 Å². The Morgan fingerprint density at radius 1 is 1.10 bits per heavy atom. The lowest BCUT2D eigenvalue weighted by Gasteiger charge is -2.65. The average molecular weight is 547 g/mol. The lowest BCUT2D eigenvalue weighted by atomic mass is 9.49. The smallest absolute Gasteiger partial charge is 0.338 e. The lowest BCUT2D eigenvalue weighted by molar-refractivity contribution is -0.351. The summed E-state index contributed by atoms with van der Waals surface area (Å²) >= 11 is 0. The molecule has 0 radical (unpaired) electrons. The fourth-order valence-electron chi connectivity index (χ4n) is 8.01. The molecule has 5 N–H and O–H groups in total. The van der Waals surface area contributed by atoms with Crippen molar-refractivity contribution in [3.63, 3.8) is 0 Å². The number of carbonyl (C=O) groups is 2. The second-order valence-electron chi connectivity index (χ2n) is 12.4. The number of hydrogen-bond donors (Lipinski definition) is 5. The highest BCUT2D eigenvalue weighted by atomic mass is 16.6. The van der Waals surface area contributed by atoms with Crippen molar-refractivity contribution in [1.82, 2.24) is 0 Å². The Morgan fingerprint density at radius 3 is 2.28 bits per heavy atom. The molecule has 0 spiro atoms. The number of hydrogen-bond acceptors (Lipinski definition) is 10. The predicted octanol–water partition coefficient (Wildman–Crippen LogP) is 0.874. The summed E-state index contributed by atoms with van der Waals surface area (Å²) in [6, 6.07) is 8.21. The van der Waals surface area contributed by atoms with Gasteiger partial charge in [0.2, 0.25) is 0 Å². The zero-order chi connectivity index (χ0) is 28.7. The third kappa shape index (κ3) is 3.69. The van der Waals surface area contributed by atoms with E-state index in [4.69, 9.17) is 14.2 Å². The van der Waals surface area contributed by atoms with Crippen molar-refractivity contribution in [2.45, 2.75) is 95.3 Å². The number of aliphatic hydroxyl groups is 5. The largest absolute Gasteiger partial charge is 0.457 e. The molecule has 1 aromatic carbocycles. The molecule has 0 bridgehead atoms. The Balaban J connectivity index is 1.83. The SMILES string of the molecule is CC(=O)O[C@@]12CO[C@@H]1C[C@H](O)[C@@]1(C)[C@@H](O)[C@H](O)C3=C(C)[C@@H](O)C[C@@]3(C(C)(C)O)[C@@H](OC(=O)c3ccccc3)[C@@H]21. The van der Waals surface area contributed by atoms with Crippen LogP contribution in [-0.4, -0.2) is 91.9 Å². The summed E-state index contributed by atoms with van der Waals surface area (Å²) in [6.07, 6.45) is -7.95. The number of carbonyl (C=O) groups excluding carboxylic acids is 2. The molecular weight excluding hydrogens is 508 g/mol. The molecule has 0 amide bonds. The van der Waals surface area contributed by atoms with Crippen LogP contribution in [0.2, 0.25) is 0 Å². The van der Waals surface area contributed by atoms with E-state index in [9.17, 15) is 35.1 Å². The van der Waals surface area contributed by atoms with Crippen LogP contribution in [0.15, 0.2) is 41.5 Å². The molecule has 10 atom stereocenters. The van der Waals surface area contributed by atoms with Crippen molar-refractivity contribution in [3.05, 3.63) is 47.0 Å². The van der Waals surface area contributed by atoms with E-state index in [0.717, 1.165) is 0 Å². The quantitative estimate of drug-likeness (QED) is 0.271. The summed E-state index contributed by atoms with van der Waals surface area (Å²) in [5.74, 6) is -2.52. The van der Waals surface area contributed by atoms with Gasteiger partial charge in [-0.25, -0.2) is 4.79 Å². The molecule has 1 aromatic rings. The van der Waals surface area contributed by atoms with Gasteiger partial charge in [0.05, 0.1) is 47.4 Å². The van der Waals surface area contributed by atoms with E-state index in [1.807, 2.05) is 0 Å². The first kappa shape index (κ1) is 28.2. The van der Waals surface area contributed by atoms with Gasteiger partial charge in [0.25, 0.3) is 0 Å². The van der Waals surface area contributed by atoms with Gasteiger partial charge in [0.1, 0.15) is 18.3 Å². The van der Waals surface area contributed by atoms with Gasteiger partial charge in [-0.2, -0.15) is 0 Å². The van der Waals surface area contributed by atoms with Crippen molar-refractivity contribution >= 4 is 11.9 Å². The number of aliphatic hydroxyl groups excluding tert-OH is 4. The Hall–Kier alpha value is -2.34. The highest BCUT2D eigenvalue weighted by Crippen LogP contribution is 2.67. The first-order valence-corrected chi connectivity index (χ1v) is 13.4. The average Bonchev–Trinajstić information content (AvgIpc) is 3.11. The van der Waals surface area contributed by atoms with E-state index >= 15 is 0 Å². The maximum Gasteiger partial charge on any atom is 0.338 e. The summed E-state index contributed by atoms with van der Waals surface area (Å²) < 4.78 is 18.0. The highest BCUT2D eigenvalue weighted by molar-refractivity contribution is 5.89. The second kappa shape index (κ2) is 9.09. The first-order chi connectivity index (χ1) is 18.1. The molecular formula is C29H38O10. The van der Waals surface area contributed by atoms with Crippen LogP contribution in [0.25, 0.3) is 0 Å². The molecule has 1 saturated heterocycles. The lowest BCUT2D eigenvalue weighted by Crippen LogP contribution is -2.78. The maximum atomic E-state index is 13.7. The molecule has 3 aliphatic carbocycles. The number of fused-ring (bicyclic) bond motifs is 4. The number of ether oxygens (including phenoxy) is 3. The molecule has 1 aliphatic heterocycles. The van der Waals surface area contributed by atoms with Crippen LogP contribution in [0.1, 0.15) is 57.8 Å². The molecule has 1 heterocycles. The molecule has 214 valence electrons. The van der Waals surface area contributed by atoms with Gasteiger partial charge in [0, 0.05) is 18.8 Å². The Morgan fingerprint density at radius 2 is 1.74 bits per heavy atom. The topological polar surface area (TPSA) is 163 Å². The van der Waals surface area contributed by atoms with Gasteiger partial charge in [-0.1, -0.05) is 25.1 Å². The van der Waals surface area contributed by atoms with Crippen LogP contribution in [0.5, 0.6) is 0 Å². The van der Waals surface area contributed by atoms with Gasteiger partial charge < -0.3 is 39.7 Å². The molecule has 10 heteroatoms. The van der Waals surface area contributed by atoms with E-state index in [0.29, 0.717) is 5.57 Å². The monoisotopic (exact) mass is 546 g/mol. The summed E-state index contributed by atoms with van der Waals surface area (Å²) in [7, 11) is 0. The minimum absolute atomic E-state index is 0.000412. The molecule has 5 rings (SSSR count). The van der Waals surface area contributed by atoms with Gasteiger partial charge in [-0.3, -0.25) is 4.79 Å². The zero-order valence-corrected chi connectivity index (χ0v) is 22.8. The predicted molar refractivity (Wildman–Crippen MR) is 136 cm³/mol. The minimum atomic E-state index is -1.73. The summed E-state index contributed by atoms with van der Waals surface area (Å²) in [6.45, 7) is 7.30. The highest BCUT2D eigenvalue weighted by Gasteiger charge is 2.78. The van der Waals surface area contributed by atoms with Crippen molar-refractivity contribution in [3.8, 4) is 0 Å². The third-order valence-corrected chi connectivity index (χ3v) is 10.0. The maximum absolute atomic E-state index is 13.7. The van der Waals surface area contributed by atoms with E-state index in [1.54, 1.807) is 44.2 Å². The molecule has 4 aliphatic rings. The van der Waals surface area contributed by atoms with E-state index < -0.39 is 76.5 Å². The van der Waals surface area contributed by atoms with Crippen molar-refractivity contribution < 1.29 is 49.3 Å². The van der Waals surface area contributed by atoms with Crippen LogP contribution in [0.3, 0.4) is 0 Å². The minimum Gasteiger partial charge on any atom is -0.457 e. The van der Waals surface area contributed by atoms with Crippen LogP contribution in [0, 0.1) is 16.7 Å². The zero-order valence-electron chi connectivity index (χ0n) is 22.8. The van der Waals surface area contributed by atoms with Crippen LogP contribution < -0.4 is 0 Å². The van der Waals surface area contributed by atoms with Crippen molar-refractivity contribution in [2.24, 2.45) is 16.7 Å². The molecule has 2 saturated carbocycles. The number of rotatable bonds is 4. The molecule has 39 heavy (non-hydrogen) atoms. The summed E-state index contributed by atoms with van der Waals surface area (Å²) in [4.78, 5) is 26.2. The van der Waals surface area contributed by atoms with E-state index in [1.165, 1.54) is 20.8 Å².